The van der Waals surface area contributed by atoms with Crippen LogP contribution in [-0.2, 0) is 32.0 Å². The van der Waals surface area contributed by atoms with Crippen LogP contribution in [0.2, 0.25) is 0 Å². The minimum atomic E-state index is -1.04. The van der Waals surface area contributed by atoms with Crippen LogP contribution >= 0.6 is 11.3 Å². The van der Waals surface area contributed by atoms with E-state index in [1.54, 1.807) is 65.2 Å². The van der Waals surface area contributed by atoms with Crippen molar-refractivity contribution >= 4 is 45.1 Å². The third kappa shape index (κ3) is 6.27. The maximum Gasteiger partial charge on any atom is 0.320 e. The van der Waals surface area contributed by atoms with Crippen LogP contribution in [0, 0.1) is 5.92 Å². The molecule has 3 aromatic carbocycles. The Morgan fingerprint density at radius 1 is 0.921 bits per heavy atom. The summed E-state index contributed by atoms with van der Waals surface area (Å²) in [5.74, 6) is -1.99. The Morgan fingerprint density at radius 2 is 1.61 bits per heavy atom. The number of rotatable bonds is 10. The molecule has 0 saturated carbocycles. The lowest BCUT2D eigenvalue weighted by molar-refractivity contribution is -0.158. The number of fused-ring (bicyclic) bond motifs is 1. The zero-order valence-corrected chi connectivity index (χ0v) is 21.7. The van der Waals surface area contributed by atoms with Gasteiger partial charge >= 0.3 is 16.8 Å². The first kappa shape index (κ1) is 26.6. The summed E-state index contributed by atoms with van der Waals surface area (Å²) in [6.07, 6.45) is 0.143. The number of carbonyl (C=O) groups excluding carboxylic acids is 3. The van der Waals surface area contributed by atoms with Crippen LogP contribution < -0.4 is 14.9 Å². The van der Waals surface area contributed by atoms with Crippen molar-refractivity contribution in [3.8, 4) is 5.75 Å². The fourth-order valence-electron chi connectivity index (χ4n) is 3.91. The number of amides is 1. The number of ether oxygens (including phenoxy) is 3. The molecule has 0 aliphatic heterocycles. The summed E-state index contributed by atoms with van der Waals surface area (Å²) in [5, 5.41) is 2.86. The number of hydrogen-bond acceptors (Lipinski definition) is 8. The lowest BCUT2D eigenvalue weighted by Crippen LogP contribution is -2.28. The van der Waals surface area contributed by atoms with Crippen molar-refractivity contribution in [3.63, 3.8) is 0 Å². The first-order valence-corrected chi connectivity index (χ1v) is 12.6. The number of esters is 2. The fraction of sp³-hybridized carbons (Fsp3) is 0.214. The van der Waals surface area contributed by atoms with Gasteiger partial charge in [0.1, 0.15) is 12.4 Å². The van der Waals surface area contributed by atoms with E-state index in [1.807, 2.05) is 12.1 Å². The number of nitrogens with zero attached hydrogens (tertiary/aromatic N) is 1. The highest BCUT2D eigenvalue weighted by Gasteiger charge is 2.28. The zero-order chi connectivity index (χ0) is 27.1. The quantitative estimate of drug-likeness (QED) is 0.243. The second kappa shape index (κ2) is 12.2. The van der Waals surface area contributed by atoms with E-state index >= 15 is 0 Å². The van der Waals surface area contributed by atoms with Crippen LogP contribution in [0.1, 0.15) is 15.9 Å². The fourth-order valence-corrected chi connectivity index (χ4v) is 4.86. The van der Waals surface area contributed by atoms with Gasteiger partial charge in [0, 0.05) is 11.3 Å². The molecule has 9 nitrogen and oxygen atoms in total. The standard InChI is InChI=1S/C28H26N2O7S/c1-35-26(32)22(27(33)36-2)16-18-8-11-21(12-9-18)37-15-14-30-23-13-10-20(17-24(23)38-28(30)34)29-25(31)19-6-4-3-5-7-19/h3-13,17,22H,14-16H2,1-2H3,(H,29,31). The van der Waals surface area contributed by atoms with Gasteiger partial charge in [-0.15, -0.1) is 0 Å². The number of nitrogens with one attached hydrogen (secondary N) is 1. The van der Waals surface area contributed by atoms with E-state index in [0.29, 0.717) is 23.5 Å². The van der Waals surface area contributed by atoms with Crippen molar-refractivity contribution in [1.29, 1.82) is 0 Å². The monoisotopic (exact) mass is 534 g/mol. The van der Waals surface area contributed by atoms with E-state index in [1.165, 1.54) is 14.2 Å². The predicted molar refractivity (Wildman–Crippen MR) is 144 cm³/mol. The highest BCUT2D eigenvalue weighted by atomic mass is 32.1. The van der Waals surface area contributed by atoms with Crippen molar-refractivity contribution in [2.45, 2.75) is 13.0 Å². The average molecular weight is 535 g/mol. The first-order chi connectivity index (χ1) is 18.4. The molecule has 196 valence electrons. The molecular weight excluding hydrogens is 508 g/mol. The third-order valence-electron chi connectivity index (χ3n) is 5.88. The lowest BCUT2D eigenvalue weighted by atomic mass is 9.99. The highest BCUT2D eigenvalue weighted by Crippen LogP contribution is 2.23. The van der Waals surface area contributed by atoms with Gasteiger partial charge in [-0.25, -0.2) is 0 Å². The molecule has 0 unspecified atom stereocenters. The Kier molecular flexibility index (Phi) is 8.55. The van der Waals surface area contributed by atoms with Crippen LogP contribution in [0.3, 0.4) is 0 Å². The van der Waals surface area contributed by atoms with E-state index in [9.17, 15) is 19.2 Å². The van der Waals surface area contributed by atoms with Crippen molar-refractivity contribution in [3.05, 3.63) is 93.6 Å². The number of benzene rings is 3. The normalized spacial score (nSPS) is 10.8. The second-order valence-corrected chi connectivity index (χ2v) is 9.31. The minimum absolute atomic E-state index is 0.123. The van der Waals surface area contributed by atoms with Gasteiger partial charge in [0.2, 0.25) is 0 Å². The number of hydrogen-bond donors (Lipinski definition) is 1. The molecule has 0 saturated heterocycles. The summed E-state index contributed by atoms with van der Waals surface area (Å²) in [5.41, 5.74) is 2.66. The molecule has 1 N–H and O–H groups in total. The van der Waals surface area contributed by atoms with Gasteiger partial charge in [0.15, 0.2) is 5.92 Å². The van der Waals surface area contributed by atoms with E-state index in [-0.39, 0.29) is 23.8 Å². The molecule has 0 atom stereocenters. The van der Waals surface area contributed by atoms with Gasteiger partial charge in [0.05, 0.1) is 31.0 Å². The molecule has 0 radical (unpaired) electrons. The SMILES string of the molecule is COC(=O)C(Cc1ccc(OCCn2c(=O)sc3cc(NC(=O)c4ccccc4)ccc32)cc1)C(=O)OC. The number of anilines is 1. The molecule has 0 fully saturated rings. The summed E-state index contributed by atoms with van der Waals surface area (Å²) in [6.45, 7) is 0.591. The summed E-state index contributed by atoms with van der Waals surface area (Å²) in [6, 6.07) is 21.2. The predicted octanol–water partition coefficient (Wildman–Crippen LogP) is 3.90. The molecule has 0 aliphatic carbocycles. The molecule has 1 heterocycles. The molecule has 1 amide bonds. The van der Waals surface area contributed by atoms with E-state index in [4.69, 9.17) is 14.2 Å². The van der Waals surface area contributed by atoms with Gasteiger partial charge in [-0.05, 0) is 54.4 Å². The topological polar surface area (TPSA) is 113 Å². The van der Waals surface area contributed by atoms with Crippen LogP contribution in [0.4, 0.5) is 5.69 Å². The molecule has 4 rings (SSSR count). The Balaban J connectivity index is 1.36. The van der Waals surface area contributed by atoms with Gasteiger partial charge in [-0.1, -0.05) is 41.7 Å². The van der Waals surface area contributed by atoms with Crippen molar-refractivity contribution in [2.75, 3.05) is 26.1 Å². The smallest absolute Gasteiger partial charge is 0.320 e. The first-order valence-electron chi connectivity index (χ1n) is 11.8. The highest BCUT2D eigenvalue weighted by molar-refractivity contribution is 7.16. The maximum absolute atomic E-state index is 12.6. The molecule has 1 aromatic heterocycles. The Bertz CT molecular complexity index is 1480. The molecule has 0 bridgehead atoms. The van der Waals surface area contributed by atoms with Gasteiger partial charge < -0.3 is 19.5 Å². The van der Waals surface area contributed by atoms with Crippen molar-refractivity contribution in [1.82, 2.24) is 4.57 Å². The van der Waals surface area contributed by atoms with Crippen molar-refractivity contribution < 1.29 is 28.6 Å². The maximum atomic E-state index is 12.6. The summed E-state index contributed by atoms with van der Waals surface area (Å²) in [7, 11) is 2.44. The number of aromatic nitrogens is 1. The minimum Gasteiger partial charge on any atom is -0.492 e. The van der Waals surface area contributed by atoms with E-state index in [2.05, 4.69) is 5.32 Å². The summed E-state index contributed by atoms with van der Waals surface area (Å²) >= 11 is 1.10. The van der Waals surface area contributed by atoms with Crippen LogP contribution in [0.25, 0.3) is 10.2 Å². The van der Waals surface area contributed by atoms with E-state index < -0.39 is 17.9 Å². The Hall–Kier alpha value is -4.44. The lowest BCUT2D eigenvalue weighted by Gasteiger charge is -2.13. The number of carbonyl (C=O) groups is 3. The van der Waals surface area contributed by atoms with Crippen molar-refractivity contribution in [2.24, 2.45) is 5.92 Å². The molecule has 4 aromatic rings. The molecule has 0 spiro atoms. The number of thiazole rings is 1. The molecular formula is C28H26N2O7S. The average Bonchev–Trinajstić information content (AvgIpc) is 3.26. The molecule has 10 heteroatoms. The van der Waals surface area contributed by atoms with Gasteiger partial charge in [0.25, 0.3) is 5.91 Å². The van der Waals surface area contributed by atoms with E-state index in [0.717, 1.165) is 27.1 Å². The molecule has 38 heavy (non-hydrogen) atoms. The van der Waals surface area contributed by atoms with Gasteiger partial charge in [-0.2, -0.15) is 0 Å². The summed E-state index contributed by atoms with van der Waals surface area (Å²) < 4.78 is 17.6. The van der Waals surface area contributed by atoms with Crippen LogP contribution in [0.15, 0.2) is 77.6 Å². The van der Waals surface area contributed by atoms with Crippen LogP contribution in [-0.4, -0.2) is 43.2 Å². The Labute approximate surface area is 222 Å². The molecule has 0 aliphatic rings. The third-order valence-corrected chi connectivity index (χ3v) is 6.82. The Morgan fingerprint density at radius 3 is 2.26 bits per heavy atom. The largest absolute Gasteiger partial charge is 0.492 e. The number of methoxy groups -OCH3 is 2. The summed E-state index contributed by atoms with van der Waals surface area (Å²) in [4.78, 5) is 48.7. The van der Waals surface area contributed by atoms with Gasteiger partial charge in [-0.3, -0.25) is 23.7 Å². The zero-order valence-electron chi connectivity index (χ0n) is 20.8. The van der Waals surface area contributed by atoms with Crippen LogP contribution in [0.5, 0.6) is 5.75 Å². The second-order valence-electron chi connectivity index (χ2n) is 8.32.